The van der Waals surface area contributed by atoms with Gasteiger partial charge in [0, 0.05) is 64.1 Å². The Labute approximate surface area is 144 Å². The molecule has 2 atom stereocenters. The Morgan fingerprint density at radius 3 is 1.58 bits per heavy atom. The molecular weight excluding hydrogens is 302 g/mol. The van der Waals surface area contributed by atoms with Crippen LogP contribution in [0.1, 0.15) is 37.6 Å². The maximum atomic E-state index is 4.44. The molecule has 2 aromatic heterocycles. The molecule has 0 amide bonds. The van der Waals surface area contributed by atoms with E-state index in [9.17, 15) is 0 Å². The second kappa shape index (κ2) is 7.92. The van der Waals surface area contributed by atoms with Gasteiger partial charge in [0.1, 0.15) is 11.6 Å². The van der Waals surface area contributed by atoms with E-state index in [1.165, 1.54) is 0 Å². The molecule has 1 fully saturated rings. The maximum Gasteiger partial charge on any atom is 0.123 e. The Hall–Kier alpha value is -1.70. The quantitative estimate of drug-likeness (QED) is 0.889. The van der Waals surface area contributed by atoms with Crippen LogP contribution >= 0.6 is 0 Å². The van der Waals surface area contributed by atoms with Crippen LogP contribution in [0.15, 0.2) is 24.8 Å². The van der Waals surface area contributed by atoms with E-state index in [1.54, 1.807) is 0 Å². The monoisotopic (exact) mass is 331 g/mol. The molecule has 0 spiro atoms. The molecule has 3 heterocycles. The van der Waals surface area contributed by atoms with Gasteiger partial charge in [-0.2, -0.15) is 0 Å². The summed E-state index contributed by atoms with van der Waals surface area (Å²) < 4.78 is 0. The fourth-order valence-electron chi connectivity index (χ4n) is 3.32. The van der Waals surface area contributed by atoms with Gasteiger partial charge in [0.2, 0.25) is 0 Å². The minimum Gasteiger partial charge on any atom is -0.347 e. The highest BCUT2D eigenvalue weighted by Crippen LogP contribution is 2.20. The first-order chi connectivity index (χ1) is 11.6. The lowest BCUT2D eigenvalue weighted by Gasteiger charge is -2.31. The molecule has 0 radical (unpaired) electrons. The van der Waals surface area contributed by atoms with E-state index >= 15 is 0 Å². The van der Waals surface area contributed by atoms with Gasteiger partial charge in [-0.1, -0.05) is 0 Å². The highest BCUT2D eigenvalue weighted by atomic mass is 15.3. The number of aromatic nitrogens is 4. The Morgan fingerprint density at radius 1 is 0.792 bits per heavy atom. The third kappa shape index (κ3) is 4.03. The molecule has 132 valence electrons. The smallest absolute Gasteiger partial charge is 0.123 e. The van der Waals surface area contributed by atoms with Crippen molar-refractivity contribution >= 4 is 0 Å². The molecule has 0 bridgehead atoms. The van der Waals surface area contributed by atoms with Crippen LogP contribution in [0.3, 0.4) is 0 Å². The molecule has 7 heteroatoms. The lowest BCUT2D eigenvalue weighted by atomic mass is 10.2. The molecule has 3 rings (SSSR count). The zero-order chi connectivity index (χ0) is 16.9. The molecule has 0 aromatic carbocycles. The van der Waals surface area contributed by atoms with Gasteiger partial charge in [0.25, 0.3) is 0 Å². The predicted molar refractivity (Wildman–Crippen MR) is 94.6 cm³/mol. The lowest BCUT2D eigenvalue weighted by Crippen LogP contribution is -2.39. The van der Waals surface area contributed by atoms with E-state index in [4.69, 9.17) is 0 Å². The summed E-state index contributed by atoms with van der Waals surface area (Å²) in [6, 6.07) is 0.597. The molecule has 1 aliphatic rings. The average molecular weight is 331 g/mol. The van der Waals surface area contributed by atoms with Crippen LogP contribution in [0.4, 0.5) is 0 Å². The average Bonchev–Trinajstić information content (AvgIpc) is 3.29. The van der Waals surface area contributed by atoms with Crippen LogP contribution in [0.5, 0.6) is 0 Å². The summed E-state index contributed by atoms with van der Waals surface area (Å²) >= 11 is 0. The molecule has 0 saturated carbocycles. The molecule has 2 unspecified atom stereocenters. The Morgan fingerprint density at radius 2 is 1.21 bits per heavy atom. The second-order valence-electron chi connectivity index (χ2n) is 6.68. The lowest BCUT2D eigenvalue weighted by molar-refractivity contribution is 0.152. The fourth-order valence-corrected chi connectivity index (χ4v) is 3.32. The molecule has 0 aliphatic carbocycles. The van der Waals surface area contributed by atoms with Gasteiger partial charge in [-0.3, -0.25) is 9.80 Å². The maximum absolute atomic E-state index is 4.44. The summed E-state index contributed by atoms with van der Waals surface area (Å²) in [6.07, 6.45) is 7.47. The fraction of sp³-hybridized carbons (Fsp3) is 0.647. The van der Waals surface area contributed by atoms with Crippen LogP contribution in [0.25, 0.3) is 0 Å². The van der Waals surface area contributed by atoms with Gasteiger partial charge in [0.05, 0.1) is 12.1 Å². The number of nitrogens with one attached hydrogen (secondary N) is 2. The first-order valence-electron chi connectivity index (χ1n) is 8.80. The van der Waals surface area contributed by atoms with Crippen molar-refractivity contribution in [2.45, 2.75) is 25.9 Å². The van der Waals surface area contributed by atoms with Gasteiger partial charge < -0.3 is 14.9 Å². The minimum absolute atomic E-state index is 0.298. The molecule has 2 aromatic rings. The first-order valence-corrected chi connectivity index (χ1v) is 8.80. The van der Waals surface area contributed by atoms with Gasteiger partial charge in [-0.05, 0) is 20.9 Å². The minimum atomic E-state index is 0.298. The zero-order valence-corrected chi connectivity index (χ0v) is 14.9. The molecule has 2 N–H and O–H groups in total. The summed E-state index contributed by atoms with van der Waals surface area (Å²) in [4.78, 5) is 22.8. The number of rotatable bonds is 4. The van der Waals surface area contributed by atoms with Crippen molar-refractivity contribution in [1.29, 1.82) is 0 Å². The van der Waals surface area contributed by atoms with Crippen molar-refractivity contribution in [3.8, 4) is 0 Å². The largest absolute Gasteiger partial charge is 0.347 e. The summed E-state index contributed by atoms with van der Waals surface area (Å²) in [6.45, 7) is 10.8. The van der Waals surface area contributed by atoms with Crippen molar-refractivity contribution in [1.82, 2.24) is 34.6 Å². The van der Waals surface area contributed by atoms with E-state index in [1.807, 2.05) is 24.8 Å². The van der Waals surface area contributed by atoms with E-state index in [0.29, 0.717) is 12.1 Å². The Balaban J connectivity index is 1.70. The second-order valence-corrected chi connectivity index (χ2v) is 6.68. The molecule has 7 nitrogen and oxygen atoms in total. The van der Waals surface area contributed by atoms with Crippen molar-refractivity contribution < 1.29 is 0 Å². The van der Waals surface area contributed by atoms with Gasteiger partial charge in [0.15, 0.2) is 0 Å². The number of hydrogen-bond acceptors (Lipinski definition) is 5. The summed E-state index contributed by atoms with van der Waals surface area (Å²) in [5, 5.41) is 0. The highest BCUT2D eigenvalue weighted by Gasteiger charge is 2.24. The van der Waals surface area contributed by atoms with Gasteiger partial charge in [-0.15, -0.1) is 0 Å². The highest BCUT2D eigenvalue weighted by molar-refractivity contribution is 4.97. The zero-order valence-electron chi connectivity index (χ0n) is 14.9. The van der Waals surface area contributed by atoms with Crippen LogP contribution in [-0.2, 0) is 0 Å². The van der Waals surface area contributed by atoms with E-state index in [-0.39, 0.29) is 0 Å². The van der Waals surface area contributed by atoms with Crippen molar-refractivity contribution in [3.05, 3.63) is 36.4 Å². The number of H-pyrrole nitrogens is 2. The third-order valence-electron chi connectivity index (χ3n) is 5.14. The predicted octanol–water partition coefficient (Wildman–Crippen LogP) is 1.50. The molecular formula is C17H29N7. The standard InChI is InChI=1S/C17H29N7/c1-14(16-18-4-5-19-16)23-10-8-22(3)9-11-24(13-12-23)15(2)17-20-6-7-21-17/h4-7,14-15H,8-13H2,1-3H3,(H,18,19)(H,20,21). The number of aromatic amines is 2. The van der Waals surface area contributed by atoms with Gasteiger partial charge >= 0.3 is 0 Å². The molecule has 1 aliphatic heterocycles. The topological polar surface area (TPSA) is 67.1 Å². The first kappa shape index (κ1) is 17.1. The van der Waals surface area contributed by atoms with E-state index in [0.717, 1.165) is 50.9 Å². The normalized spacial score (nSPS) is 21.8. The third-order valence-corrected chi connectivity index (χ3v) is 5.14. The van der Waals surface area contributed by atoms with E-state index < -0.39 is 0 Å². The van der Waals surface area contributed by atoms with Crippen molar-refractivity contribution in [3.63, 3.8) is 0 Å². The van der Waals surface area contributed by atoms with Crippen LogP contribution in [0.2, 0.25) is 0 Å². The van der Waals surface area contributed by atoms with Crippen molar-refractivity contribution in [2.24, 2.45) is 0 Å². The van der Waals surface area contributed by atoms with Gasteiger partial charge in [-0.25, -0.2) is 9.97 Å². The van der Waals surface area contributed by atoms with Crippen LogP contribution < -0.4 is 0 Å². The Kier molecular flexibility index (Phi) is 5.65. The van der Waals surface area contributed by atoms with Crippen LogP contribution in [-0.4, -0.2) is 81.0 Å². The SMILES string of the molecule is CC(c1ncc[nH]1)N1CCN(C)CCN(C(C)c2ncc[nH]2)CC1. The summed E-state index contributed by atoms with van der Waals surface area (Å²) in [5.41, 5.74) is 0. The molecule has 1 saturated heterocycles. The number of hydrogen-bond donors (Lipinski definition) is 2. The van der Waals surface area contributed by atoms with E-state index in [2.05, 4.69) is 55.5 Å². The number of imidazole rings is 2. The molecule has 24 heavy (non-hydrogen) atoms. The summed E-state index contributed by atoms with van der Waals surface area (Å²) in [7, 11) is 2.21. The van der Waals surface area contributed by atoms with Crippen LogP contribution in [0, 0.1) is 0 Å². The Bertz CT molecular complexity index is 528. The number of likely N-dealkylation sites (N-methyl/N-ethyl adjacent to an activating group) is 1. The summed E-state index contributed by atoms with van der Waals surface area (Å²) in [5.74, 6) is 2.09. The number of nitrogens with zero attached hydrogens (tertiary/aromatic N) is 5. The van der Waals surface area contributed by atoms with Crippen molar-refractivity contribution in [2.75, 3.05) is 46.3 Å².